The largest absolute Gasteiger partial charge is 0.448 e. The van der Waals surface area contributed by atoms with E-state index >= 15 is 0 Å². The Hall–Kier alpha value is -0.790. The van der Waals surface area contributed by atoms with E-state index in [0.717, 1.165) is 18.6 Å². The van der Waals surface area contributed by atoms with Crippen LogP contribution in [0.25, 0.3) is 0 Å². The molecule has 2 nitrogen and oxygen atoms in total. The van der Waals surface area contributed by atoms with Crippen molar-refractivity contribution in [2.75, 3.05) is 0 Å². The summed E-state index contributed by atoms with van der Waals surface area (Å²) in [7, 11) is 0. The summed E-state index contributed by atoms with van der Waals surface area (Å²) in [6.07, 6.45) is 6.30. The lowest BCUT2D eigenvalue weighted by Crippen LogP contribution is -1.99. The lowest BCUT2D eigenvalue weighted by atomic mass is 10.0. The van der Waals surface area contributed by atoms with Crippen molar-refractivity contribution in [1.29, 1.82) is 0 Å². The molecular weight excluding hydrogens is 114 g/mol. The van der Waals surface area contributed by atoms with E-state index in [1.807, 2.05) is 0 Å². The zero-order valence-electron chi connectivity index (χ0n) is 5.26. The number of hydrogen-bond acceptors (Lipinski definition) is 2. The second kappa shape index (κ2) is 1.87. The number of rotatable bonds is 0. The predicted molar refractivity (Wildman–Crippen MR) is 33.1 cm³/mol. The first-order valence-corrected chi connectivity index (χ1v) is 3.38. The molecule has 1 aromatic heterocycles. The Labute approximate surface area is 53.9 Å². The molecule has 0 amide bonds. The SMILES string of the molecule is c1nc2c(o1)CCCC2. The predicted octanol–water partition coefficient (Wildman–Crippen LogP) is 1.55. The molecule has 0 radical (unpaired) electrons. The van der Waals surface area contributed by atoms with Gasteiger partial charge in [-0.05, 0) is 19.3 Å². The van der Waals surface area contributed by atoms with Crippen LogP contribution in [0.4, 0.5) is 0 Å². The first-order chi connectivity index (χ1) is 4.47. The van der Waals surface area contributed by atoms with E-state index < -0.39 is 0 Å². The van der Waals surface area contributed by atoms with Gasteiger partial charge in [-0.2, -0.15) is 0 Å². The van der Waals surface area contributed by atoms with Crippen LogP contribution in [-0.2, 0) is 12.8 Å². The maximum Gasteiger partial charge on any atom is 0.181 e. The van der Waals surface area contributed by atoms with Gasteiger partial charge in [-0.15, -0.1) is 0 Å². The van der Waals surface area contributed by atoms with Gasteiger partial charge in [-0.3, -0.25) is 0 Å². The first-order valence-electron chi connectivity index (χ1n) is 3.38. The van der Waals surface area contributed by atoms with Crippen molar-refractivity contribution in [3.8, 4) is 0 Å². The molecule has 0 unspecified atom stereocenters. The average molecular weight is 123 g/mol. The number of oxazole rings is 1. The van der Waals surface area contributed by atoms with Gasteiger partial charge in [-0.25, -0.2) is 4.98 Å². The van der Waals surface area contributed by atoms with Crippen LogP contribution in [-0.4, -0.2) is 4.98 Å². The second-order valence-electron chi connectivity index (χ2n) is 2.43. The molecule has 2 rings (SSSR count). The van der Waals surface area contributed by atoms with Crippen molar-refractivity contribution >= 4 is 0 Å². The third-order valence-corrected chi connectivity index (χ3v) is 1.79. The highest BCUT2D eigenvalue weighted by Crippen LogP contribution is 2.18. The molecule has 0 fully saturated rings. The molecule has 0 spiro atoms. The Morgan fingerprint density at radius 3 is 3.11 bits per heavy atom. The van der Waals surface area contributed by atoms with Crippen LogP contribution in [0.15, 0.2) is 10.8 Å². The molecule has 1 aromatic rings. The van der Waals surface area contributed by atoms with Gasteiger partial charge >= 0.3 is 0 Å². The molecule has 9 heavy (non-hydrogen) atoms. The average Bonchev–Trinajstić information content (AvgIpc) is 2.33. The van der Waals surface area contributed by atoms with Crippen molar-refractivity contribution in [3.05, 3.63) is 17.8 Å². The third kappa shape index (κ3) is 0.745. The van der Waals surface area contributed by atoms with Gasteiger partial charge < -0.3 is 4.42 Å². The zero-order valence-corrected chi connectivity index (χ0v) is 5.26. The Kier molecular flexibility index (Phi) is 1.04. The molecule has 0 atom stereocenters. The molecule has 2 heteroatoms. The van der Waals surface area contributed by atoms with Gasteiger partial charge in [0.15, 0.2) is 6.39 Å². The summed E-state index contributed by atoms with van der Waals surface area (Å²) in [5.41, 5.74) is 1.18. The van der Waals surface area contributed by atoms with Crippen LogP contribution < -0.4 is 0 Å². The van der Waals surface area contributed by atoms with E-state index in [0.29, 0.717) is 0 Å². The van der Waals surface area contributed by atoms with Crippen molar-refractivity contribution in [3.63, 3.8) is 0 Å². The fourth-order valence-electron chi connectivity index (χ4n) is 1.28. The van der Waals surface area contributed by atoms with Gasteiger partial charge in [0.2, 0.25) is 0 Å². The fourth-order valence-corrected chi connectivity index (χ4v) is 1.28. The molecule has 1 aliphatic rings. The van der Waals surface area contributed by atoms with Gasteiger partial charge in [0, 0.05) is 6.42 Å². The van der Waals surface area contributed by atoms with Crippen LogP contribution in [0.1, 0.15) is 24.3 Å². The molecule has 0 aromatic carbocycles. The smallest absolute Gasteiger partial charge is 0.181 e. The highest BCUT2D eigenvalue weighted by atomic mass is 16.3. The van der Waals surface area contributed by atoms with E-state index in [2.05, 4.69) is 4.98 Å². The highest BCUT2D eigenvalue weighted by Gasteiger charge is 2.11. The molecule has 0 aliphatic heterocycles. The lowest BCUT2D eigenvalue weighted by Gasteiger charge is -2.05. The normalized spacial score (nSPS) is 17.3. The second-order valence-corrected chi connectivity index (χ2v) is 2.43. The molecule has 48 valence electrons. The summed E-state index contributed by atoms with van der Waals surface area (Å²) in [5, 5.41) is 0. The standard InChI is InChI=1S/C7H9NO/c1-2-4-7-6(3-1)8-5-9-7/h5H,1-4H2. The first kappa shape index (κ1) is 5.03. The Balaban J connectivity index is 2.39. The van der Waals surface area contributed by atoms with E-state index in [9.17, 15) is 0 Å². The number of aryl methyl sites for hydroxylation is 2. The van der Waals surface area contributed by atoms with E-state index in [4.69, 9.17) is 4.42 Å². The van der Waals surface area contributed by atoms with E-state index in [-0.39, 0.29) is 0 Å². The van der Waals surface area contributed by atoms with E-state index in [1.54, 1.807) is 6.39 Å². The highest BCUT2D eigenvalue weighted by molar-refractivity contribution is 5.09. The van der Waals surface area contributed by atoms with Crippen molar-refractivity contribution in [2.45, 2.75) is 25.7 Å². The van der Waals surface area contributed by atoms with Crippen LogP contribution in [0.2, 0.25) is 0 Å². The maximum atomic E-state index is 5.14. The van der Waals surface area contributed by atoms with Gasteiger partial charge in [0.1, 0.15) is 5.76 Å². The minimum absolute atomic E-state index is 1.09. The molecule has 0 saturated heterocycles. The molecular formula is C7H9NO. The monoisotopic (exact) mass is 123 g/mol. The van der Waals surface area contributed by atoms with Gasteiger partial charge in [0.25, 0.3) is 0 Å². The number of nitrogens with zero attached hydrogens (tertiary/aromatic N) is 1. The van der Waals surface area contributed by atoms with Crippen LogP contribution >= 0.6 is 0 Å². The van der Waals surface area contributed by atoms with Crippen LogP contribution in [0.5, 0.6) is 0 Å². The Bertz CT molecular complexity index is 184. The molecule has 1 aliphatic carbocycles. The summed E-state index contributed by atoms with van der Waals surface area (Å²) in [6.45, 7) is 0. The zero-order chi connectivity index (χ0) is 6.10. The summed E-state index contributed by atoms with van der Waals surface area (Å²) >= 11 is 0. The topological polar surface area (TPSA) is 26.0 Å². The molecule has 0 bridgehead atoms. The van der Waals surface area contributed by atoms with Crippen LogP contribution in [0, 0.1) is 0 Å². The summed E-state index contributed by atoms with van der Waals surface area (Å²) in [6, 6.07) is 0. The molecule has 1 heterocycles. The van der Waals surface area contributed by atoms with Crippen molar-refractivity contribution in [1.82, 2.24) is 4.98 Å². The summed E-state index contributed by atoms with van der Waals surface area (Å²) < 4.78 is 5.14. The maximum absolute atomic E-state index is 5.14. The minimum Gasteiger partial charge on any atom is -0.448 e. The number of hydrogen-bond donors (Lipinski definition) is 0. The van der Waals surface area contributed by atoms with Crippen molar-refractivity contribution < 1.29 is 4.42 Å². The molecule has 0 saturated carbocycles. The Morgan fingerprint density at radius 1 is 1.33 bits per heavy atom. The van der Waals surface area contributed by atoms with Gasteiger partial charge in [-0.1, -0.05) is 0 Å². The number of aromatic nitrogens is 1. The summed E-state index contributed by atoms with van der Waals surface area (Å²) in [5.74, 6) is 1.11. The van der Waals surface area contributed by atoms with Crippen molar-refractivity contribution in [2.24, 2.45) is 0 Å². The number of fused-ring (bicyclic) bond motifs is 1. The van der Waals surface area contributed by atoms with Crippen LogP contribution in [0.3, 0.4) is 0 Å². The third-order valence-electron chi connectivity index (χ3n) is 1.79. The lowest BCUT2D eigenvalue weighted by molar-refractivity contribution is 0.476. The summed E-state index contributed by atoms with van der Waals surface area (Å²) in [4.78, 5) is 4.09. The fraction of sp³-hybridized carbons (Fsp3) is 0.571. The van der Waals surface area contributed by atoms with E-state index in [1.165, 1.54) is 18.5 Å². The molecule has 0 N–H and O–H groups in total. The minimum atomic E-state index is 1.09. The Morgan fingerprint density at radius 2 is 2.22 bits per heavy atom. The van der Waals surface area contributed by atoms with Gasteiger partial charge in [0.05, 0.1) is 5.69 Å². The quantitative estimate of drug-likeness (QED) is 0.523.